The van der Waals surface area contributed by atoms with Crippen molar-refractivity contribution in [2.75, 3.05) is 52.4 Å². The predicted molar refractivity (Wildman–Crippen MR) is 162 cm³/mol. The van der Waals surface area contributed by atoms with Crippen LogP contribution in [0.2, 0.25) is 18.1 Å². The van der Waals surface area contributed by atoms with Crippen molar-refractivity contribution < 1.29 is 28.2 Å². The molecule has 2 N–H and O–H groups in total. The van der Waals surface area contributed by atoms with Crippen molar-refractivity contribution in [3.63, 3.8) is 0 Å². The zero-order valence-electron chi connectivity index (χ0n) is 25.4. The van der Waals surface area contributed by atoms with Gasteiger partial charge in [0.05, 0.1) is 26.0 Å². The van der Waals surface area contributed by atoms with Gasteiger partial charge in [-0.3, -0.25) is 4.90 Å². The van der Waals surface area contributed by atoms with Gasteiger partial charge in [0.25, 0.3) is 6.01 Å². The molecule has 11 heteroatoms. The molecule has 224 valence electrons. The molecule has 0 saturated carbocycles. The molecule has 2 aromatic heterocycles. The van der Waals surface area contributed by atoms with E-state index < -0.39 is 8.32 Å². The number of hydrogen-bond donors (Lipinski definition) is 2. The van der Waals surface area contributed by atoms with E-state index in [1.165, 1.54) is 0 Å². The van der Waals surface area contributed by atoms with Gasteiger partial charge < -0.3 is 33.5 Å². The molecule has 0 bridgehead atoms. The molecule has 1 saturated heterocycles. The lowest BCUT2D eigenvalue weighted by Gasteiger charge is -2.38. The van der Waals surface area contributed by atoms with E-state index in [-0.39, 0.29) is 16.8 Å². The second-order valence-electron chi connectivity index (χ2n) is 12.5. The van der Waals surface area contributed by atoms with Crippen LogP contribution < -0.4 is 14.8 Å². The number of pyridine rings is 1. The first-order chi connectivity index (χ1) is 19.5. The van der Waals surface area contributed by atoms with Gasteiger partial charge in [-0.1, -0.05) is 20.8 Å². The van der Waals surface area contributed by atoms with Gasteiger partial charge in [-0.15, -0.1) is 0 Å². The summed E-state index contributed by atoms with van der Waals surface area (Å²) in [5.41, 5.74) is 3.57. The van der Waals surface area contributed by atoms with Crippen LogP contribution in [-0.4, -0.2) is 81.4 Å². The van der Waals surface area contributed by atoms with Gasteiger partial charge in [0.1, 0.15) is 11.5 Å². The maximum atomic E-state index is 11.2. The second-order valence-corrected chi connectivity index (χ2v) is 17.4. The Hall–Kier alpha value is -2.86. The zero-order valence-corrected chi connectivity index (χ0v) is 26.4. The average Bonchev–Trinajstić information content (AvgIpc) is 3.55. The van der Waals surface area contributed by atoms with Crippen molar-refractivity contribution >= 4 is 25.6 Å². The third-order valence-electron chi connectivity index (χ3n) is 8.67. The van der Waals surface area contributed by atoms with E-state index in [0.717, 1.165) is 50.2 Å². The summed E-state index contributed by atoms with van der Waals surface area (Å²) in [5, 5.41) is 14.9. The molecule has 5 rings (SSSR count). The number of likely N-dealkylation sites (tertiary alicyclic amines) is 1. The van der Waals surface area contributed by atoms with Gasteiger partial charge in [-0.2, -0.15) is 4.98 Å². The summed E-state index contributed by atoms with van der Waals surface area (Å²) in [5.74, 6) is 1.34. The number of piperidine rings is 1. The Morgan fingerprint density at radius 1 is 1.20 bits per heavy atom. The van der Waals surface area contributed by atoms with Gasteiger partial charge in [0.2, 0.25) is 11.2 Å². The Kier molecular flexibility index (Phi) is 8.52. The van der Waals surface area contributed by atoms with Crippen LogP contribution in [0.25, 0.3) is 22.5 Å². The largest absolute Gasteiger partial charge is 0.507 e. The number of methoxy groups -OCH3 is 2. The maximum Gasteiger partial charge on any atom is 0.297 e. The highest BCUT2D eigenvalue weighted by Gasteiger charge is 2.37. The number of hydrogen-bond acceptors (Lipinski definition) is 10. The number of nitrogens with one attached hydrogen (secondary N) is 1. The van der Waals surface area contributed by atoms with Crippen molar-refractivity contribution in [3.05, 3.63) is 23.3 Å². The molecule has 0 unspecified atom stereocenters. The Balaban J connectivity index is 1.34. The molecule has 3 aromatic rings. The van der Waals surface area contributed by atoms with Crippen LogP contribution in [0.3, 0.4) is 0 Å². The number of benzene rings is 1. The van der Waals surface area contributed by atoms with Crippen LogP contribution in [-0.2, 0) is 22.2 Å². The highest BCUT2D eigenvalue weighted by Crippen LogP contribution is 2.44. The zero-order chi connectivity index (χ0) is 29.4. The van der Waals surface area contributed by atoms with Crippen molar-refractivity contribution in [2.45, 2.75) is 70.8 Å². The fourth-order valence-corrected chi connectivity index (χ4v) is 6.38. The molecule has 1 fully saturated rings. The summed E-state index contributed by atoms with van der Waals surface area (Å²) in [6.07, 6.45) is 2.76. The third kappa shape index (κ3) is 6.18. The lowest BCUT2D eigenvalue weighted by atomic mass is 9.97. The summed E-state index contributed by atoms with van der Waals surface area (Å²) >= 11 is 0. The topological polar surface area (TPSA) is 111 Å². The van der Waals surface area contributed by atoms with Crippen molar-refractivity contribution in [2.24, 2.45) is 0 Å². The molecular weight excluding hydrogens is 540 g/mol. The molecule has 0 radical (unpaired) electrons. The Morgan fingerprint density at radius 3 is 2.73 bits per heavy atom. The fourth-order valence-electron chi connectivity index (χ4n) is 5.35. The van der Waals surface area contributed by atoms with Crippen LogP contribution in [0.5, 0.6) is 17.2 Å². The smallest absolute Gasteiger partial charge is 0.297 e. The van der Waals surface area contributed by atoms with E-state index >= 15 is 0 Å². The minimum Gasteiger partial charge on any atom is -0.507 e. The van der Waals surface area contributed by atoms with Crippen LogP contribution in [0.1, 0.15) is 44.7 Å². The predicted octanol–water partition coefficient (Wildman–Crippen LogP) is 5.58. The molecule has 0 aliphatic carbocycles. The summed E-state index contributed by atoms with van der Waals surface area (Å²) in [6, 6.07) is 4.31. The second kappa shape index (κ2) is 11.8. The Labute approximate surface area is 243 Å². The summed E-state index contributed by atoms with van der Waals surface area (Å²) < 4.78 is 29.3. The molecule has 0 spiro atoms. The number of aromatic hydroxyl groups is 1. The number of oxazole rings is 1. The lowest BCUT2D eigenvalue weighted by Crippen LogP contribution is -2.46. The first kappa shape index (κ1) is 29.6. The average molecular weight is 585 g/mol. The van der Waals surface area contributed by atoms with E-state index in [9.17, 15) is 5.11 Å². The molecule has 0 amide bonds. The maximum absolute atomic E-state index is 11.2. The number of ether oxygens (including phenoxy) is 3. The number of phenolic OH excluding ortho intramolecular Hbond substituents is 1. The number of phenols is 1. The fraction of sp³-hybridized carbons (Fsp3) is 0.600. The quantitative estimate of drug-likeness (QED) is 0.293. The molecule has 1 atom stereocenters. The van der Waals surface area contributed by atoms with Crippen molar-refractivity contribution in [3.8, 4) is 28.5 Å². The van der Waals surface area contributed by atoms with Crippen LogP contribution in [0, 0.1) is 0 Å². The molecule has 10 nitrogen and oxygen atoms in total. The standard InChI is InChI=1S/C30H44N4O6Si/c1-30(2,3)41(6,7)39-14-12-34-11-8-9-20(17-34)31-29-33-28-27(40-29)24(37-5)16-22(32-28)25-19(18-36-4)15-23-21(26(25)35)10-13-38-23/h15-16,20,35H,8-14,17-18H2,1-7H3,(H,31,32,33)/t20-/m1/s1. The first-order valence-electron chi connectivity index (χ1n) is 14.5. The van der Waals surface area contributed by atoms with E-state index in [2.05, 4.69) is 49.1 Å². The van der Waals surface area contributed by atoms with Gasteiger partial charge in [-0.05, 0) is 49.1 Å². The lowest BCUT2D eigenvalue weighted by molar-refractivity contribution is 0.168. The van der Waals surface area contributed by atoms with E-state index in [0.29, 0.717) is 59.6 Å². The first-order valence-corrected chi connectivity index (χ1v) is 17.4. The van der Waals surface area contributed by atoms with Crippen molar-refractivity contribution in [1.82, 2.24) is 14.9 Å². The number of fused-ring (bicyclic) bond motifs is 2. The highest BCUT2D eigenvalue weighted by molar-refractivity contribution is 6.74. The Morgan fingerprint density at radius 2 is 2.00 bits per heavy atom. The Bertz CT molecular complexity index is 1390. The van der Waals surface area contributed by atoms with Crippen molar-refractivity contribution in [1.29, 1.82) is 0 Å². The monoisotopic (exact) mass is 584 g/mol. The number of nitrogens with zero attached hydrogens (tertiary/aromatic N) is 3. The normalized spacial score (nSPS) is 18.0. The van der Waals surface area contributed by atoms with Crippen LogP contribution in [0.4, 0.5) is 6.01 Å². The number of anilines is 1. The van der Waals surface area contributed by atoms with Gasteiger partial charge in [0, 0.05) is 56.5 Å². The third-order valence-corrected chi connectivity index (χ3v) is 13.2. The summed E-state index contributed by atoms with van der Waals surface area (Å²) in [4.78, 5) is 11.9. The van der Waals surface area contributed by atoms with Crippen LogP contribution >= 0.6 is 0 Å². The van der Waals surface area contributed by atoms with Crippen LogP contribution in [0.15, 0.2) is 16.5 Å². The highest BCUT2D eigenvalue weighted by atomic mass is 28.4. The molecule has 4 heterocycles. The molecule has 1 aromatic carbocycles. The van der Waals surface area contributed by atoms with Gasteiger partial charge >= 0.3 is 0 Å². The SMILES string of the molecule is COCc1cc2c(c(O)c1-c1cc(OC)c3oc(N[C@@H]4CCCN(CCO[Si](C)(C)C(C)(C)C)C4)nc3n1)CCO2. The van der Waals surface area contributed by atoms with E-state index in [1.807, 2.05) is 6.07 Å². The molecule has 2 aliphatic rings. The molecule has 41 heavy (non-hydrogen) atoms. The molecular formula is C30H44N4O6Si. The number of rotatable bonds is 10. The number of aromatic nitrogens is 2. The molecule has 2 aliphatic heterocycles. The van der Waals surface area contributed by atoms with Gasteiger partial charge in [-0.25, -0.2) is 4.98 Å². The minimum atomic E-state index is -1.76. The summed E-state index contributed by atoms with van der Waals surface area (Å²) in [7, 11) is 1.45. The summed E-state index contributed by atoms with van der Waals surface area (Å²) in [6.45, 7) is 15.9. The van der Waals surface area contributed by atoms with E-state index in [1.54, 1.807) is 20.3 Å². The van der Waals surface area contributed by atoms with E-state index in [4.69, 9.17) is 28.0 Å². The minimum absolute atomic E-state index is 0.155. The van der Waals surface area contributed by atoms with Gasteiger partial charge in [0.15, 0.2) is 14.1 Å².